The van der Waals surface area contributed by atoms with Gasteiger partial charge in [0.1, 0.15) is 12.4 Å². The normalized spacial score (nSPS) is 10.5. The summed E-state index contributed by atoms with van der Waals surface area (Å²) in [6.45, 7) is 0.923. The standard InChI is InChI=1S/C16H17BrFNO2/c1-19-9-11-5-4-8-14(20-2)16(11)21-10-12-6-3-7-13(18)15(12)17/h3-8,19H,9-10H2,1-2H3. The fourth-order valence-corrected chi connectivity index (χ4v) is 2.40. The minimum Gasteiger partial charge on any atom is -0.493 e. The number of halogens is 2. The zero-order valence-corrected chi connectivity index (χ0v) is 13.5. The second-order valence-corrected chi connectivity index (χ2v) is 5.27. The average Bonchev–Trinajstić information content (AvgIpc) is 2.49. The number of hydrogen-bond acceptors (Lipinski definition) is 3. The van der Waals surface area contributed by atoms with Crippen molar-refractivity contribution in [3.8, 4) is 11.5 Å². The molecule has 0 aliphatic rings. The summed E-state index contributed by atoms with van der Waals surface area (Å²) in [6.07, 6.45) is 0. The number of benzene rings is 2. The fourth-order valence-electron chi connectivity index (χ4n) is 2.03. The molecule has 0 unspecified atom stereocenters. The first kappa shape index (κ1) is 15.8. The van der Waals surface area contributed by atoms with Crippen LogP contribution >= 0.6 is 15.9 Å². The summed E-state index contributed by atoms with van der Waals surface area (Å²) in [5.41, 5.74) is 1.74. The number of nitrogens with one attached hydrogen (secondary N) is 1. The van der Waals surface area contributed by atoms with Crippen LogP contribution in [0.25, 0.3) is 0 Å². The topological polar surface area (TPSA) is 30.5 Å². The van der Waals surface area contributed by atoms with Gasteiger partial charge in [-0.25, -0.2) is 4.39 Å². The number of rotatable bonds is 6. The van der Waals surface area contributed by atoms with Gasteiger partial charge in [-0.2, -0.15) is 0 Å². The van der Waals surface area contributed by atoms with E-state index in [0.29, 0.717) is 22.5 Å². The zero-order chi connectivity index (χ0) is 15.2. The van der Waals surface area contributed by atoms with Gasteiger partial charge in [0.2, 0.25) is 0 Å². The minimum absolute atomic E-state index is 0.259. The molecular formula is C16H17BrFNO2. The molecule has 3 nitrogen and oxygen atoms in total. The molecule has 2 rings (SSSR count). The molecule has 0 bridgehead atoms. The maximum absolute atomic E-state index is 13.5. The molecule has 112 valence electrons. The fraction of sp³-hybridized carbons (Fsp3) is 0.250. The molecule has 0 aromatic heterocycles. The molecular weight excluding hydrogens is 337 g/mol. The van der Waals surface area contributed by atoms with E-state index in [4.69, 9.17) is 9.47 Å². The summed E-state index contributed by atoms with van der Waals surface area (Å²) in [6, 6.07) is 10.6. The summed E-state index contributed by atoms with van der Waals surface area (Å²) >= 11 is 3.24. The van der Waals surface area contributed by atoms with Gasteiger partial charge in [0, 0.05) is 17.7 Å². The third kappa shape index (κ3) is 3.74. The first-order valence-corrected chi connectivity index (χ1v) is 7.32. The molecule has 21 heavy (non-hydrogen) atoms. The maximum atomic E-state index is 13.5. The highest BCUT2D eigenvalue weighted by atomic mass is 79.9. The molecule has 0 aliphatic heterocycles. The van der Waals surface area contributed by atoms with Crippen molar-refractivity contribution in [3.63, 3.8) is 0 Å². The Bertz CT molecular complexity index is 619. The SMILES string of the molecule is CNCc1cccc(OC)c1OCc1cccc(F)c1Br. The summed E-state index contributed by atoms with van der Waals surface area (Å²) in [7, 11) is 3.47. The van der Waals surface area contributed by atoms with Gasteiger partial charge in [-0.3, -0.25) is 0 Å². The Morgan fingerprint density at radius 3 is 2.57 bits per heavy atom. The van der Waals surface area contributed by atoms with Crippen LogP contribution in [0.15, 0.2) is 40.9 Å². The Hall–Kier alpha value is -1.59. The molecule has 0 saturated carbocycles. The third-order valence-electron chi connectivity index (χ3n) is 3.05. The van der Waals surface area contributed by atoms with Crippen LogP contribution in [-0.4, -0.2) is 14.2 Å². The Kier molecular flexibility index (Phi) is 5.59. The van der Waals surface area contributed by atoms with Crippen molar-refractivity contribution >= 4 is 15.9 Å². The first-order valence-electron chi connectivity index (χ1n) is 6.53. The van der Waals surface area contributed by atoms with Crippen molar-refractivity contribution in [1.29, 1.82) is 0 Å². The zero-order valence-electron chi connectivity index (χ0n) is 12.0. The monoisotopic (exact) mass is 353 g/mol. The molecule has 1 N–H and O–H groups in total. The van der Waals surface area contributed by atoms with Crippen molar-refractivity contribution < 1.29 is 13.9 Å². The molecule has 0 fully saturated rings. The van der Waals surface area contributed by atoms with Crippen molar-refractivity contribution in [3.05, 3.63) is 57.8 Å². The van der Waals surface area contributed by atoms with Crippen LogP contribution < -0.4 is 14.8 Å². The van der Waals surface area contributed by atoms with Gasteiger partial charge in [-0.05, 0) is 35.1 Å². The quantitative estimate of drug-likeness (QED) is 0.854. The van der Waals surface area contributed by atoms with E-state index in [-0.39, 0.29) is 12.4 Å². The predicted molar refractivity (Wildman–Crippen MR) is 84.2 cm³/mol. The Morgan fingerprint density at radius 2 is 1.86 bits per heavy atom. The number of hydrogen-bond donors (Lipinski definition) is 1. The molecule has 0 aliphatic carbocycles. The highest BCUT2D eigenvalue weighted by molar-refractivity contribution is 9.10. The summed E-state index contributed by atoms with van der Waals surface area (Å²) in [4.78, 5) is 0. The lowest BCUT2D eigenvalue weighted by atomic mass is 10.1. The summed E-state index contributed by atoms with van der Waals surface area (Å²) in [5, 5.41) is 3.09. The van der Waals surface area contributed by atoms with E-state index in [1.807, 2.05) is 31.3 Å². The maximum Gasteiger partial charge on any atom is 0.166 e. The second-order valence-electron chi connectivity index (χ2n) is 4.48. The van der Waals surface area contributed by atoms with E-state index >= 15 is 0 Å². The van der Waals surface area contributed by atoms with Gasteiger partial charge in [0.15, 0.2) is 11.5 Å². The molecule has 0 saturated heterocycles. The molecule has 0 heterocycles. The van der Waals surface area contributed by atoms with Crippen LogP contribution in [0, 0.1) is 5.82 Å². The number of methoxy groups -OCH3 is 1. The van der Waals surface area contributed by atoms with E-state index in [0.717, 1.165) is 11.1 Å². The molecule has 0 atom stereocenters. The predicted octanol–water partition coefficient (Wildman–Crippen LogP) is 3.90. The van der Waals surface area contributed by atoms with Gasteiger partial charge < -0.3 is 14.8 Å². The average molecular weight is 354 g/mol. The van der Waals surface area contributed by atoms with E-state index in [9.17, 15) is 4.39 Å². The number of ether oxygens (including phenoxy) is 2. The van der Waals surface area contributed by atoms with Crippen LogP contribution in [-0.2, 0) is 13.2 Å². The van der Waals surface area contributed by atoms with E-state index in [1.54, 1.807) is 13.2 Å². The molecule has 2 aromatic rings. The lowest BCUT2D eigenvalue weighted by Crippen LogP contribution is -2.08. The van der Waals surface area contributed by atoms with Gasteiger partial charge in [0.05, 0.1) is 11.6 Å². The first-order chi connectivity index (χ1) is 10.2. The molecule has 0 spiro atoms. The van der Waals surface area contributed by atoms with Gasteiger partial charge in [-0.15, -0.1) is 0 Å². The smallest absolute Gasteiger partial charge is 0.166 e. The van der Waals surface area contributed by atoms with Crippen LogP contribution in [0.3, 0.4) is 0 Å². The van der Waals surface area contributed by atoms with Gasteiger partial charge >= 0.3 is 0 Å². The highest BCUT2D eigenvalue weighted by Crippen LogP contribution is 2.32. The van der Waals surface area contributed by atoms with Crippen LogP contribution in [0.4, 0.5) is 4.39 Å². The van der Waals surface area contributed by atoms with Gasteiger partial charge in [-0.1, -0.05) is 24.3 Å². The Balaban J connectivity index is 2.24. The molecule has 0 amide bonds. The molecule has 0 radical (unpaired) electrons. The largest absolute Gasteiger partial charge is 0.493 e. The Labute approximate surface area is 132 Å². The molecule has 2 aromatic carbocycles. The highest BCUT2D eigenvalue weighted by Gasteiger charge is 2.12. The van der Waals surface area contributed by atoms with Crippen LogP contribution in [0.5, 0.6) is 11.5 Å². The van der Waals surface area contributed by atoms with E-state index < -0.39 is 0 Å². The third-order valence-corrected chi connectivity index (χ3v) is 3.94. The van der Waals surface area contributed by atoms with Crippen LogP contribution in [0.2, 0.25) is 0 Å². The Morgan fingerprint density at radius 1 is 1.14 bits per heavy atom. The van der Waals surface area contributed by atoms with Gasteiger partial charge in [0.25, 0.3) is 0 Å². The van der Waals surface area contributed by atoms with Crippen molar-refractivity contribution in [2.24, 2.45) is 0 Å². The lowest BCUT2D eigenvalue weighted by molar-refractivity contribution is 0.280. The van der Waals surface area contributed by atoms with Crippen molar-refractivity contribution in [2.75, 3.05) is 14.2 Å². The minimum atomic E-state index is -0.299. The van der Waals surface area contributed by atoms with E-state index in [1.165, 1.54) is 6.07 Å². The van der Waals surface area contributed by atoms with Crippen LogP contribution in [0.1, 0.15) is 11.1 Å². The summed E-state index contributed by atoms with van der Waals surface area (Å²) < 4.78 is 25.1. The lowest BCUT2D eigenvalue weighted by Gasteiger charge is -2.15. The molecule has 5 heteroatoms. The van der Waals surface area contributed by atoms with Crippen molar-refractivity contribution in [2.45, 2.75) is 13.2 Å². The summed E-state index contributed by atoms with van der Waals surface area (Å²) in [5.74, 6) is 1.03. The second kappa shape index (κ2) is 7.43. The number of para-hydroxylation sites is 1. The van der Waals surface area contributed by atoms with E-state index in [2.05, 4.69) is 21.2 Å². The van der Waals surface area contributed by atoms with Crippen molar-refractivity contribution in [1.82, 2.24) is 5.32 Å².